The number of fused-ring (bicyclic) bond motifs is 1. The lowest BCUT2D eigenvalue weighted by Crippen LogP contribution is -2.68. The molecule has 7 nitrogen and oxygen atoms in total. The minimum atomic E-state index is -0.762. The Morgan fingerprint density at radius 2 is 2.21 bits per heavy atom. The summed E-state index contributed by atoms with van der Waals surface area (Å²) in [6.45, 7) is 7.40. The van der Waals surface area contributed by atoms with Crippen molar-refractivity contribution < 1.29 is 23.8 Å². The molecule has 2 aromatic rings. The lowest BCUT2D eigenvalue weighted by molar-refractivity contribution is -0.186. The zero-order chi connectivity index (χ0) is 24.2. The number of rotatable bonds is 7. The third-order valence-electron chi connectivity index (χ3n) is 7.14. The number of likely N-dealkylation sites (tertiary alicyclic amines) is 1. The molecule has 180 valence electrons. The molecule has 0 radical (unpaired) electrons. The first-order valence-electron chi connectivity index (χ1n) is 11.7. The average molecular weight is 465 g/mol. The quantitative estimate of drug-likeness (QED) is 0.368. The number of amides is 1. The number of nitrogens with one attached hydrogen (secondary N) is 1. The molecule has 0 bridgehead atoms. The van der Waals surface area contributed by atoms with Crippen molar-refractivity contribution in [3.8, 4) is 5.75 Å². The summed E-state index contributed by atoms with van der Waals surface area (Å²) in [5.74, 6) is -0.330. The number of piperidine rings is 1. The van der Waals surface area contributed by atoms with Crippen molar-refractivity contribution >= 4 is 18.0 Å². The zero-order valence-corrected chi connectivity index (χ0v) is 19.5. The van der Waals surface area contributed by atoms with Crippen LogP contribution < -0.4 is 5.32 Å². The molecule has 1 amide bonds. The van der Waals surface area contributed by atoms with Gasteiger partial charge in [-0.1, -0.05) is 18.2 Å². The van der Waals surface area contributed by atoms with Crippen LogP contribution in [0.1, 0.15) is 43.7 Å². The standard InChI is InChI=1S/C27H32N2O5/c1-3-13-29-14-12-26(22-5-4-6-24(31)16-22)17-23(9-11-27(26,19-29)34-20(2)30)28-25(32)8-7-21-10-15-33-18-21/h3-8,10,15-16,18,23,31H,1,9,11-14,17,19H2,2H3,(H,28,32)/t23-,26+,27+/m1/s1. The number of carbonyl (C=O) groups excluding carboxylic acids is 2. The molecule has 4 rings (SSSR count). The van der Waals surface area contributed by atoms with E-state index in [0.29, 0.717) is 32.4 Å². The highest BCUT2D eigenvalue weighted by Gasteiger charge is 2.60. The number of hydrogen-bond acceptors (Lipinski definition) is 6. The van der Waals surface area contributed by atoms with Crippen LogP contribution in [0.15, 0.2) is 66.0 Å². The molecule has 1 aliphatic carbocycles. The van der Waals surface area contributed by atoms with E-state index in [-0.39, 0.29) is 23.7 Å². The number of ether oxygens (including phenoxy) is 1. The van der Waals surface area contributed by atoms with Gasteiger partial charge in [-0.2, -0.15) is 0 Å². The van der Waals surface area contributed by atoms with Crippen LogP contribution in [0.2, 0.25) is 0 Å². The fourth-order valence-corrected chi connectivity index (χ4v) is 5.74. The second-order valence-electron chi connectivity index (χ2n) is 9.33. The van der Waals surface area contributed by atoms with Gasteiger partial charge < -0.3 is 19.6 Å². The van der Waals surface area contributed by atoms with E-state index in [1.807, 2.05) is 18.2 Å². The van der Waals surface area contributed by atoms with E-state index in [4.69, 9.17) is 9.15 Å². The van der Waals surface area contributed by atoms with Crippen LogP contribution in [0, 0.1) is 0 Å². The van der Waals surface area contributed by atoms with Gasteiger partial charge in [0.1, 0.15) is 11.4 Å². The highest BCUT2D eigenvalue weighted by atomic mass is 16.6. The second-order valence-corrected chi connectivity index (χ2v) is 9.33. The molecular formula is C27H32N2O5. The first-order chi connectivity index (χ1) is 16.4. The Labute approximate surface area is 200 Å². The summed E-state index contributed by atoms with van der Waals surface area (Å²) in [5, 5.41) is 13.4. The topological polar surface area (TPSA) is 92.0 Å². The molecular weight excluding hydrogens is 432 g/mol. The first-order valence-corrected chi connectivity index (χ1v) is 11.7. The van der Waals surface area contributed by atoms with Gasteiger partial charge in [-0.3, -0.25) is 14.5 Å². The van der Waals surface area contributed by atoms with Crippen molar-refractivity contribution in [3.63, 3.8) is 0 Å². The summed E-state index contributed by atoms with van der Waals surface area (Å²) >= 11 is 0. The van der Waals surface area contributed by atoms with Crippen molar-refractivity contribution in [2.45, 2.75) is 49.7 Å². The van der Waals surface area contributed by atoms with Crippen molar-refractivity contribution in [2.75, 3.05) is 19.6 Å². The minimum Gasteiger partial charge on any atom is -0.508 e. The number of carbonyl (C=O) groups is 2. The molecule has 1 aromatic carbocycles. The number of esters is 1. The Kier molecular flexibility index (Phi) is 6.93. The molecule has 1 saturated heterocycles. The number of phenolic OH excluding ortho intramolecular Hbond substituents is 1. The average Bonchev–Trinajstić information content (AvgIpc) is 3.31. The van der Waals surface area contributed by atoms with Gasteiger partial charge in [0.2, 0.25) is 5.91 Å². The van der Waals surface area contributed by atoms with E-state index in [0.717, 1.165) is 24.1 Å². The van der Waals surface area contributed by atoms with Crippen LogP contribution in [-0.2, 0) is 19.7 Å². The lowest BCUT2D eigenvalue weighted by atomic mass is 9.55. The van der Waals surface area contributed by atoms with Crippen molar-refractivity contribution in [1.82, 2.24) is 10.2 Å². The molecule has 3 atom stereocenters. The Hall–Kier alpha value is -3.32. The van der Waals surface area contributed by atoms with Gasteiger partial charge in [-0.05, 0) is 62.1 Å². The van der Waals surface area contributed by atoms with Crippen molar-refractivity contribution in [3.05, 3.63) is 72.7 Å². The highest BCUT2D eigenvalue weighted by molar-refractivity contribution is 5.91. The molecule has 2 heterocycles. The van der Waals surface area contributed by atoms with E-state index < -0.39 is 11.0 Å². The highest BCUT2D eigenvalue weighted by Crippen LogP contribution is 2.54. The minimum absolute atomic E-state index is 0.0986. The first kappa shape index (κ1) is 23.8. The third-order valence-corrected chi connectivity index (χ3v) is 7.14. The summed E-state index contributed by atoms with van der Waals surface area (Å²) in [6.07, 6.45) is 10.8. The van der Waals surface area contributed by atoms with Gasteiger partial charge in [-0.15, -0.1) is 6.58 Å². The number of benzene rings is 1. The van der Waals surface area contributed by atoms with Crippen LogP contribution >= 0.6 is 0 Å². The normalized spacial score (nSPS) is 27.1. The van der Waals surface area contributed by atoms with Gasteiger partial charge in [-0.25, -0.2) is 0 Å². The van der Waals surface area contributed by atoms with Crippen molar-refractivity contribution in [2.24, 2.45) is 0 Å². The van der Waals surface area contributed by atoms with E-state index in [2.05, 4.69) is 16.8 Å². The maximum absolute atomic E-state index is 12.7. The molecule has 1 saturated carbocycles. The smallest absolute Gasteiger partial charge is 0.303 e. The van der Waals surface area contributed by atoms with Gasteiger partial charge >= 0.3 is 5.97 Å². The monoisotopic (exact) mass is 464 g/mol. The van der Waals surface area contributed by atoms with Crippen LogP contribution in [0.4, 0.5) is 0 Å². The zero-order valence-electron chi connectivity index (χ0n) is 19.5. The Balaban J connectivity index is 1.65. The summed E-state index contributed by atoms with van der Waals surface area (Å²) in [7, 11) is 0. The molecule has 2 N–H and O–H groups in total. The maximum atomic E-state index is 12.7. The SMILES string of the molecule is C=CCN1CC[C@@]2(c3cccc(O)c3)C[C@H](NC(=O)C=Cc3ccoc3)CC[C@]2(OC(C)=O)C1. The van der Waals surface area contributed by atoms with E-state index in [9.17, 15) is 14.7 Å². The summed E-state index contributed by atoms with van der Waals surface area (Å²) in [5.41, 5.74) is 0.444. The molecule has 7 heteroatoms. The molecule has 1 aromatic heterocycles. The summed E-state index contributed by atoms with van der Waals surface area (Å²) in [4.78, 5) is 27.3. The molecule has 2 fully saturated rings. The number of aromatic hydroxyl groups is 1. The maximum Gasteiger partial charge on any atom is 0.303 e. The van der Waals surface area contributed by atoms with Crippen LogP contribution in [0.5, 0.6) is 5.75 Å². The summed E-state index contributed by atoms with van der Waals surface area (Å²) < 4.78 is 11.2. The lowest BCUT2D eigenvalue weighted by Gasteiger charge is -2.59. The number of furan rings is 1. The van der Waals surface area contributed by atoms with Gasteiger partial charge in [0.25, 0.3) is 0 Å². The van der Waals surface area contributed by atoms with Gasteiger partial charge in [0.05, 0.1) is 12.5 Å². The van der Waals surface area contributed by atoms with Crippen molar-refractivity contribution in [1.29, 1.82) is 0 Å². The number of nitrogens with zero attached hydrogens (tertiary/aromatic N) is 1. The van der Waals surface area contributed by atoms with Gasteiger partial charge in [0.15, 0.2) is 0 Å². The Morgan fingerprint density at radius 3 is 2.91 bits per heavy atom. The largest absolute Gasteiger partial charge is 0.508 e. The van der Waals surface area contributed by atoms with Crippen LogP contribution in [0.25, 0.3) is 6.08 Å². The molecule has 1 aliphatic heterocycles. The Bertz CT molecular complexity index is 1060. The fourth-order valence-electron chi connectivity index (χ4n) is 5.74. The number of hydrogen-bond donors (Lipinski definition) is 2. The third kappa shape index (κ3) is 4.80. The van der Waals surface area contributed by atoms with Crippen LogP contribution in [-0.4, -0.2) is 53.2 Å². The molecule has 34 heavy (non-hydrogen) atoms. The van der Waals surface area contributed by atoms with E-state index in [1.165, 1.54) is 13.0 Å². The number of phenols is 1. The molecule has 0 unspecified atom stereocenters. The van der Waals surface area contributed by atoms with E-state index in [1.54, 1.807) is 36.8 Å². The Morgan fingerprint density at radius 1 is 1.35 bits per heavy atom. The molecule has 0 spiro atoms. The predicted octanol–water partition coefficient (Wildman–Crippen LogP) is 3.80. The molecule has 2 aliphatic rings. The second kappa shape index (κ2) is 9.89. The van der Waals surface area contributed by atoms with Gasteiger partial charge in [0, 0.05) is 43.1 Å². The fraction of sp³-hybridized carbons (Fsp3) is 0.407. The summed E-state index contributed by atoms with van der Waals surface area (Å²) in [6, 6.07) is 8.91. The van der Waals surface area contributed by atoms with E-state index >= 15 is 0 Å². The predicted molar refractivity (Wildman–Crippen MR) is 129 cm³/mol. The van der Waals surface area contributed by atoms with Crippen LogP contribution in [0.3, 0.4) is 0 Å².